The minimum Gasteiger partial charge on any atom is -0.478 e. The highest BCUT2D eigenvalue weighted by Crippen LogP contribution is 2.15. The predicted molar refractivity (Wildman–Crippen MR) is 51.5 cm³/mol. The molecule has 80 valence electrons. The Bertz CT molecular complexity index is 429. The van der Waals surface area contributed by atoms with Crippen LogP contribution < -0.4 is 5.32 Å². The Morgan fingerprint density at radius 3 is 2.40 bits per heavy atom. The topological polar surface area (TPSA) is 66.4 Å². The van der Waals surface area contributed by atoms with Crippen molar-refractivity contribution in [3.05, 3.63) is 34.6 Å². The van der Waals surface area contributed by atoms with E-state index >= 15 is 0 Å². The Balaban J connectivity index is 3.31. The standard InChI is InChI=1S/C10H10FNO3/c1-5-3-7(9(13)12-2)8(11)4-6(5)10(14)15/h3-4H,1-2H3,(H,12,13)(H,14,15). The molecule has 0 unspecified atom stereocenters. The molecule has 4 nitrogen and oxygen atoms in total. The minimum atomic E-state index is -1.21. The SMILES string of the molecule is CNC(=O)c1cc(C)c(C(=O)O)cc1F. The van der Waals surface area contributed by atoms with E-state index in [1.165, 1.54) is 20.0 Å². The number of rotatable bonds is 2. The molecule has 0 saturated heterocycles. The number of nitrogens with one attached hydrogen (secondary N) is 1. The molecule has 1 aromatic carbocycles. The summed E-state index contributed by atoms with van der Waals surface area (Å²) in [6, 6.07) is 2.07. The summed E-state index contributed by atoms with van der Waals surface area (Å²) in [5.41, 5.74) is 0.0580. The molecule has 0 spiro atoms. The maximum atomic E-state index is 13.3. The van der Waals surface area contributed by atoms with E-state index in [0.717, 1.165) is 6.07 Å². The number of carbonyl (C=O) groups is 2. The number of aryl methyl sites for hydroxylation is 1. The first-order valence-corrected chi connectivity index (χ1v) is 4.23. The molecule has 0 aliphatic rings. The van der Waals surface area contributed by atoms with Crippen LogP contribution in [0.25, 0.3) is 0 Å². The van der Waals surface area contributed by atoms with Gasteiger partial charge in [-0.15, -0.1) is 0 Å². The van der Waals surface area contributed by atoms with Gasteiger partial charge in [0.2, 0.25) is 0 Å². The third-order valence-electron chi connectivity index (χ3n) is 2.02. The molecular weight excluding hydrogens is 201 g/mol. The molecule has 0 aromatic heterocycles. The Morgan fingerprint density at radius 2 is 1.93 bits per heavy atom. The van der Waals surface area contributed by atoms with Crippen LogP contribution in [0.4, 0.5) is 4.39 Å². The highest BCUT2D eigenvalue weighted by Gasteiger charge is 2.16. The van der Waals surface area contributed by atoms with Crippen LogP contribution in [0.5, 0.6) is 0 Å². The van der Waals surface area contributed by atoms with Gasteiger partial charge in [-0.1, -0.05) is 0 Å². The molecule has 0 fully saturated rings. The molecule has 0 aliphatic heterocycles. The number of halogens is 1. The van der Waals surface area contributed by atoms with E-state index in [1.807, 2.05) is 0 Å². The van der Waals surface area contributed by atoms with Gasteiger partial charge in [0.25, 0.3) is 5.91 Å². The van der Waals surface area contributed by atoms with Crippen molar-refractivity contribution in [1.29, 1.82) is 0 Å². The third-order valence-corrected chi connectivity index (χ3v) is 2.02. The molecule has 0 saturated carbocycles. The number of hydrogen-bond acceptors (Lipinski definition) is 2. The lowest BCUT2D eigenvalue weighted by Gasteiger charge is -2.05. The van der Waals surface area contributed by atoms with Crippen molar-refractivity contribution in [2.24, 2.45) is 0 Å². The van der Waals surface area contributed by atoms with Crippen molar-refractivity contribution in [1.82, 2.24) is 5.32 Å². The van der Waals surface area contributed by atoms with Crippen molar-refractivity contribution < 1.29 is 19.1 Å². The molecule has 15 heavy (non-hydrogen) atoms. The van der Waals surface area contributed by atoms with Gasteiger partial charge in [-0.3, -0.25) is 4.79 Å². The zero-order valence-electron chi connectivity index (χ0n) is 8.30. The molecule has 0 radical (unpaired) electrons. The maximum absolute atomic E-state index is 13.3. The van der Waals surface area contributed by atoms with E-state index in [-0.39, 0.29) is 11.1 Å². The van der Waals surface area contributed by atoms with Crippen molar-refractivity contribution >= 4 is 11.9 Å². The van der Waals surface area contributed by atoms with Gasteiger partial charge in [-0.05, 0) is 24.6 Å². The lowest BCUT2D eigenvalue weighted by Crippen LogP contribution is -2.20. The smallest absolute Gasteiger partial charge is 0.336 e. The molecule has 2 N–H and O–H groups in total. The van der Waals surface area contributed by atoms with E-state index in [0.29, 0.717) is 5.56 Å². The number of carboxylic acids is 1. The number of benzene rings is 1. The van der Waals surface area contributed by atoms with Crippen molar-refractivity contribution in [2.75, 3.05) is 7.05 Å². The van der Waals surface area contributed by atoms with Crippen LogP contribution in [0.3, 0.4) is 0 Å². The van der Waals surface area contributed by atoms with Gasteiger partial charge < -0.3 is 10.4 Å². The van der Waals surface area contributed by atoms with Gasteiger partial charge >= 0.3 is 5.97 Å². The molecule has 0 aliphatic carbocycles. The molecule has 0 atom stereocenters. The van der Waals surface area contributed by atoms with E-state index in [2.05, 4.69) is 5.32 Å². The molecule has 0 bridgehead atoms. The van der Waals surface area contributed by atoms with Gasteiger partial charge in [-0.25, -0.2) is 9.18 Å². The van der Waals surface area contributed by atoms with Gasteiger partial charge in [0.1, 0.15) is 5.82 Å². The van der Waals surface area contributed by atoms with Crippen LogP contribution in [0.15, 0.2) is 12.1 Å². The van der Waals surface area contributed by atoms with Crippen LogP contribution in [-0.4, -0.2) is 24.0 Å². The number of hydrogen-bond donors (Lipinski definition) is 2. The van der Waals surface area contributed by atoms with E-state index in [4.69, 9.17) is 5.11 Å². The summed E-state index contributed by atoms with van der Waals surface area (Å²) in [5, 5.41) is 11.0. The van der Waals surface area contributed by atoms with Crippen LogP contribution >= 0.6 is 0 Å². The van der Waals surface area contributed by atoms with Crippen molar-refractivity contribution in [2.45, 2.75) is 6.92 Å². The lowest BCUT2D eigenvalue weighted by atomic mass is 10.0. The van der Waals surface area contributed by atoms with Gasteiger partial charge in [0.05, 0.1) is 11.1 Å². The summed E-state index contributed by atoms with van der Waals surface area (Å²) >= 11 is 0. The Morgan fingerprint density at radius 1 is 1.33 bits per heavy atom. The average molecular weight is 211 g/mol. The summed E-state index contributed by atoms with van der Waals surface area (Å²) in [4.78, 5) is 21.8. The van der Waals surface area contributed by atoms with Gasteiger partial charge in [0, 0.05) is 7.05 Å². The zero-order chi connectivity index (χ0) is 11.6. The molecule has 1 amide bonds. The van der Waals surface area contributed by atoms with Gasteiger partial charge in [0.15, 0.2) is 0 Å². The fraction of sp³-hybridized carbons (Fsp3) is 0.200. The zero-order valence-corrected chi connectivity index (χ0v) is 8.30. The number of carbonyl (C=O) groups excluding carboxylic acids is 1. The van der Waals surface area contributed by atoms with Crippen molar-refractivity contribution in [3.8, 4) is 0 Å². The second-order valence-electron chi connectivity index (χ2n) is 3.03. The number of aromatic carboxylic acids is 1. The molecule has 1 rings (SSSR count). The first-order chi connectivity index (χ1) is 6.97. The molecule has 1 aromatic rings. The summed E-state index contributed by atoms with van der Waals surface area (Å²) in [5.74, 6) is -2.63. The van der Waals surface area contributed by atoms with E-state index in [1.54, 1.807) is 0 Å². The Labute approximate surface area is 85.7 Å². The Kier molecular flexibility index (Phi) is 3.04. The monoisotopic (exact) mass is 211 g/mol. The van der Waals surface area contributed by atoms with Crippen molar-refractivity contribution in [3.63, 3.8) is 0 Å². The summed E-state index contributed by atoms with van der Waals surface area (Å²) < 4.78 is 13.3. The largest absolute Gasteiger partial charge is 0.478 e. The molecule has 0 heterocycles. The first-order valence-electron chi connectivity index (χ1n) is 4.23. The van der Waals surface area contributed by atoms with Crippen LogP contribution in [0.1, 0.15) is 26.3 Å². The number of carboxylic acid groups (broad SMARTS) is 1. The second-order valence-corrected chi connectivity index (χ2v) is 3.03. The quantitative estimate of drug-likeness (QED) is 0.772. The van der Waals surface area contributed by atoms with Crippen LogP contribution in [0.2, 0.25) is 0 Å². The molecular formula is C10H10FNO3. The normalized spacial score (nSPS) is 9.80. The fourth-order valence-corrected chi connectivity index (χ4v) is 1.22. The van der Waals surface area contributed by atoms with Gasteiger partial charge in [-0.2, -0.15) is 0 Å². The summed E-state index contributed by atoms with van der Waals surface area (Å²) in [6.07, 6.45) is 0. The molecule has 5 heteroatoms. The highest BCUT2D eigenvalue weighted by molar-refractivity contribution is 5.96. The summed E-state index contributed by atoms with van der Waals surface area (Å²) in [6.45, 7) is 1.51. The first kappa shape index (κ1) is 11.2. The third kappa shape index (κ3) is 2.12. The highest BCUT2D eigenvalue weighted by atomic mass is 19.1. The summed E-state index contributed by atoms with van der Waals surface area (Å²) in [7, 11) is 1.38. The minimum absolute atomic E-state index is 0.139. The van der Waals surface area contributed by atoms with Crippen LogP contribution in [0, 0.1) is 12.7 Å². The maximum Gasteiger partial charge on any atom is 0.336 e. The average Bonchev–Trinajstić information content (AvgIpc) is 2.19. The van der Waals surface area contributed by atoms with E-state index in [9.17, 15) is 14.0 Å². The second kappa shape index (κ2) is 4.08. The van der Waals surface area contributed by atoms with Crippen LogP contribution in [-0.2, 0) is 0 Å². The lowest BCUT2D eigenvalue weighted by molar-refractivity contribution is 0.0694. The van der Waals surface area contributed by atoms with E-state index < -0.39 is 17.7 Å². The number of amides is 1. The Hall–Kier alpha value is -1.91. The predicted octanol–water partition coefficient (Wildman–Crippen LogP) is 1.19. The fourth-order valence-electron chi connectivity index (χ4n) is 1.22.